The molecule has 0 saturated carbocycles. The summed E-state index contributed by atoms with van der Waals surface area (Å²) >= 11 is 0.625. The number of hydrogen-bond acceptors (Lipinski definition) is 6. The highest BCUT2D eigenvalue weighted by atomic mass is 32.1. The molecule has 0 aromatic carbocycles. The van der Waals surface area contributed by atoms with Crippen LogP contribution in [0.5, 0.6) is 0 Å². The van der Waals surface area contributed by atoms with E-state index in [-0.39, 0.29) is 15.6 Å². The molecular formula is C10H5F2N3O4S. The van der Waals surface area contributed by atoms with Crippen molar-refractivity contribution < 1.29 is 28.6 Å². The second-order valence-electron chi connectivity index (χ2n) is 3.43. The predicted molar refractivity (Wildman–Crippen MR) is 62.0 cm³/mol. The van der Waals surface area contributed by atoms with E-state index in [1.165, 1.54) is 0 Å². The monoisotopic (exact) mass is 301 g/mol. The van der Waals surface area contributed by atoms with Gasteiger partial charge in [-0.05, 0) is 0 Å². The molecule has 0 aliphatic heterocycles. The molecule has 0 aliphatic rings. The standard InChI is InChI=1S/C10H5F2N3O4S/c11-7(12)3-1-13-6(10(18)19)5(15-3)8-14-2-4(20-8)9(16)17/h1-2,7H,(H,16,17)(H,18,19). The lowest BCUT2D eigenvalue weighted by Crippen LogP contribution is -2.07. The summed E-state index contributed by atoms with van der Waals surface area (Å²) in [5.41, 5.74) is -1.66. The molecule has 10 heteroatoms. The summed E-state index contributed by atoms with van der Waals surface area (Å²) in [4.78, 5) is 32.1. The van der Waals surface area contributed by atoms with Gasteiger partial charge in [0.25, 0.3) is 6.43 Å². The van der Waals surface area contributed by atoms with Crippen LogP contribution in [0.2, 0.25) is 0 Å². The lowest BCUT2D eigenvalue weighted by Gasteiger charge is -2.04. The third-order valence-electron chi connectivity index (χ3n) is 2.14. The molecule has 0 aliphatic carbocycles. The van der Waals surface area contributed by atoms with Crippen molar-refractivity contribution in [3.05, 3.63) is 28.7 Å². The molecule has 2 rings (SSSR count). The normalized spacial score (nSPS) is 10.8. The predicted octanol–water partition coefficient (Wildman–Crippen LogP) is 1.93. The zero-order valence-electron chi connectivity index (χ0n) is 9.45. The summed E-state index contributed by atoms with van der Waals surface area (Å²) < 4.78 is 25.1. The van der Waals surface area contributed by atoms with E-state index in [1.54, 1.807) is 0 Å². The van der Waals surface area contributed by atoms with Gasteiger partial charge in [-0.25, -0.2) is 33.3 Å². The number of hydrogen-bond donors (Lipinski definition) is 2. The number of nitrogens with zero attached hydrogens (tertiary/aromatic N) is 3. The lowest BCUT2D eigenvalue weighted by molar-refractivity contribution is 0.0683. The van der Waals surface area contributed by atoms with Crippen molar-refractivity contribution in [2.24, 2.45) is 0 Å². The summed E-state index contributed by atoms with van der Waals surface area (Å²) in [7, 11) is 0. The Kier molecular flexibility index (Phi) is 3.66. The van der Waals surface area contributed by atoms with Gasteiger partial charge in [-0.15, -0.1) is 11.3 Å². The number of carbonyl (C=O) groups is 2. The van der Waals surface area contributed by atoms with Crippen LogP contribution >= 0.6 is 11.3 Å². The average Bonchev–Trinajstić information content (AvgIpc) is 2.87. The van der Waals surface area contributed by atoms with E-state index in [2.05, 4.69) is 15.0 Å². The van der Waals surface area contributed by atoms with Crippen LogP contribution in [0, 0.1) is 0 Å². The minimum atomic E-state index is -2.93. The fourth-order valence-electron chi connectivity index (χ4n) is 1.30. The molecule has 0 radical (unpaired) electrons. The van der Waals surface area contributed by atoms with Gasteiger partial charge in [0, 0.05) is 0 Å². The summed E-state index contributed by atoms with van der Waals surface area (Å²) in [6.07, 6.45) is -1.28. The Morgan fingerprint density at radius 3 is 2.35 bits per heavy atom. The Morgan fingerprint density at radius 1 is 1.15 bits per heavy atom. The molecule has 2 aromatic rings. The largest absolute Gasteiger partial charge is 0.477 e. The van der Waals surface area contributed by atoms with E-state index < -0.39 is 29.8 Å². The Labute approximate surface area is 113 Å². The van der Waals surface area contributed by atoms with Crippen molar-refractivity contribution in [1.29, 1.82) is 0 Å². The average molecular weight is 301 g/mol. The number of carboxylic acids is 2. The number of carboxylic acid groups (broad SMARTS) is 2. The van der Waals surface area contributed by atoms with Gasteiger partial charge < -0.3 is 10.2 Å². The zero-order valence-corrected chi connectivity index (χ0v) is 10.3. The van der Waals surface area contributed by atoms with Crippen LogP contribution in [0.15, 0.2) is 12.4 Å². The molecule has 104 valence electrons. The van der Waals surface area contributed by atoms with E-state index >= 15 is 0 Å². The van der Waals surface area contributed by atoms with Crippen molar-refractivity contribution in [2.45, 2.75) is 6.43 Å². The van der Waals surface area contributed by atoms with Crippen molar-refractivity contribution in [2.75, 3.05) is 0 Å². The highest BCUT2D eigenvalue weighted by Crippen LogP contribution is 2.28. The first-order valence-electron chi connectivity index (χ1n) is 4.98. The Morgan fingerprint density at radius 2 is 1.85 bits per heavy atom. The molecule has 20 heavy (non-hydrogen) atoms. The molecule has 0 spiro atoms. The van der Waals surface area contributed by atoms with Gasteiger partial charge >= 0.3 is 11.9 Å². The first-order chi connectivity index (χ1) is 9.40. The molecule has 0 amide bonds. The van der Waals surface area contributed by atoms with E-state index in [1.807, 2.05) is 0 Å². The summed E-state index contributed by atoms with van der Waals surface area (Å²) in [5, 5.41) is 17.6. The minimum absolute atomic E-state index is 0.102. The second-order valence-corrected chi connectivity index (χ2v) is 4.46. The molecule has 2 heterocycles. The first kappa shape index (κ1) is 13.9. The van der Waals surface area contributed by atoms with Crippen molar-refractivity contribution in [3.63, 3.8) is 0 Å². The van der Waals surface area contributed by atoms with Gasteiger partial charge in [0.2, 0.25) is 0 Å². The zero-order chi connectivity index (χ0) is 14.9. The van der Waals surface area contributed by atoms with E-state index in [0.29, 0.717) is 17.5 Å². The van der Waals surface area contributed by atoms with E-state index in [9.17, 15) is 18.4 Å². The van der Waals surface area contributed by atoms with E-state index in [0.717, 1.165) is 6.20 Å². The van der Waals surface area contributed by atoms with Gasteiger partial charge in [0.1, 0.15) is 21.3 Å². The van der Waals surface area contributed by atoms with Crippen LogP contribution in [0.3, 0.4) is 0 Å². The van der Waals surface area contributed by atoms with Crippen LogP contribution in [0.25, 0.3) is 10.7 Å². The second kappa shape index (κ2) is 5.25. The van der Waals surface area contributed by atoms with Gasteiger partial charge in [-0.1, -0.05) is 0 Å². The van der Waals surface area contributed by atoms with Crippen LogP contribution in [-0.4, -0.2) is 37.1 Å². The summed E-state index contributed by atoms with van der Waals surface area (Å²) in [6.45, 7) is 0. The number of aromatic carboxylic acids is 2. The van der Waals surface area contributed by atoms with Gasteiger partial charge in [-0.3, -0.25) is 0 Å². The Hall–Kier alpha value is -2.49. The molecule has 0 unspecified atom stereocenters. The van der Waals surface area contributed by atoms with Crippen molar-refractivity contribution in [1.82, 2.24) is 15.0 Å². The Bertz CT molecular complexity index is 689. The molecule has 7 nitrogen and oxygen atoms in total. The van der Waals surface area contributed by atoms with Crippen LogP contribution in [0.4, 0.5) is 8.78 Å². The molecule has 0 atom stereocenters. The number of aromatic nitrogens is 3. The third kappa shape index (κ3) is 2.59. The smallest absolute Gasteiger partial charge is 0.356 e. The van der Waals surface area contributed by atoms with E-state index in [4.69, 9.17) is 10.2 Å². The minimum Gasteiger partial charge on any atom is -0.477 e. The Balaban J connectivity index is 2.59. The van der Waals surface area contributed by atoms with Crippen LogP contribution < -0.4 is 0 Å². The molecular weight excluding hydrogens is 296 g/mol. The number of rotatable bonds is 4. The molecule has 0 saturated heterocycles. The van der Waals surface area contributed by atoms with Crippen LogP contribution in [0.1, 0.15) is 32.3 Å². The third-order valence-corrected chi connectivity index (χ3v) is 3.13. The maximum absolute atomic E-state index is 12.6. The number of alkyl halides is 2. The number of halogens is 2. The van der Waals surface area contributed by atoms with Gasteiger partial charge in [0.15, 0.2) is 5.69 Å². The van der Waals surface area contributed by atoms with Gasteiger partial charge in [0.05, 0.1) is 12.4 Å². The molecule has 2 aromatic heterocycles. The highest BCUT2D eigenvalue weighted by molar-refractivity contribution is 7.16. The highest BCUT2D eigenvalue weighted by Gasteiger charge is 2.22. The number of thiazole rings is 1. The maximum atomic E-state index is 12.6. The molecule has 0 fully saturated rings. The van der Waals surface area contributed by atoms with Crippen LogP contribution in [-0.2, 0) is 0 Å². The summed E-state index contributed by atoms with van der Waals surface area (Å²) in [6, 6.07) is 0. The summed E-state index contributed by atoms with van der Waals surface area (Å²) in [5.74, 6) is -2.73. The van der Waals surface area contributed by atoms with Crippen molar-refractivity contribution >= 4 is 23.3 Å². The topological polar surface area (TPSA) is 113 Å². The SMILES string of the molecule is O=C(O)c1cnc(-c2nc(C(F)F)cnc2C(=O)O)s1. The van der Waals surface area contributed by atoms with Gasteiger partial charge in [-0.2, -0.15) is 0 Å². The maximum Gasteiger partial charge on any atom is 0.356 e. The first-order valence-corrected chi connectivity index (χ1v) is 5.79. The quantitative estimate of drug-likeness (QED) is 0.886. The lowest BCUT2D eigenvalue weighted by atomic mass is 10.3. The fraction of sp³-hybridized carbons (Fsp3) is 0.100. The fourth-order valence-corrected chi connectivity index (χ4v) is 2.04. The van der Waals surface area contributed by atoms with Crippen molar-refractivity contribution in [3.8, 4) is 10.7 Å². The molecule has 0 bridgehead atoms. The molecule has 2 N–H and O–H groups in total.